The number of hydrogen-bond donors (Lipinski definition) is 2. The second-order valence-corrected chi connectivity index (χ2v) is 7.16. The average molecular weight is 425 g/mol. The lowest BCUT2D eigenvalue weighted by atomic mass is 10.1. The van der Waals surface area contributed by atoms with E-state index < -0.39 is 5.91 Å². The molecule has 3 aromatic carbocycles. The summed E-state index contributed by atoms with van der Waals surface area (Å²) in [4.78, 5) is 24.8. The molecular formula is C26H23N3O3. The number of carbonyl (C=O) groups is 2. The van der Waals surface area contributed by atoms with Crippen LogP contribution < -0.4 is 15.4 Å². The summed E-state index contributed by atoms with van der Waals surface area (Å²) in [5.41, 5.74) is 3.95. The Morgan fingerprint density at radius 3 is 2.34 bits per heavy atom. The number of benzene rings is 3. The Balaban J connectivity index is 1.69. The summed E-state index contributed by atoms with van der Waals surface area (Å²) in [5.74, 6) is -0.446. The zero-order valence-corrected chi connectivity index (χ0v) is 17.9. The summed E-state index contributed by atoms with van der Waals surface area (Å²) in [6, 6.07) is 23.4. The molecule has 0 aliphatic carbocycles. The van der Waals surface area contributed by atoms with Gasteiger partial charge in [-0.2, -0.15) is 5.26 Å². The fourth-order valence-corrected chi connectivity index (χ4v) is 2.91. The van der Waals surface area contributed by atoms with Crippen molar-refractivity contribution in [3.63, 3.8) is 0 Å². The molecule has 0 fully saturated rings. The Morgan fingerprint density at radius 2 is 1.62 bits per heavy atom. The van der Waals surface area contributed by atoms with E-state index in [2.05, 4.69) is 10.6 Å². The molecule has 0 unspecified atom stereocenters. The summed E-state index contributed by atoms with van der Waals surface area (Å²) in [6.07, 6.45) is 1.44. The number of rotatable bonds is 7. The van der Waals surface area contributed by atoms with Gasteiger partial charge in [-0.1, -0.05) is 42.5 Å². The van der Waals surface area contributed by atoms with Crippen molar-refractivity contribution in [2.24, 2.45) is 0 Å². The van der Waals surface area contributed by atoms with Gasteiger partial charge >= 0.3 is 0 Å². The first kappa shape index (κ1) is 22.3. The predicted molar refractivity (Wildman–Crippen MR) is 125 cm³/mol. The second kappa shape index (κ2) is 10.6. The molecule has 0 saturated heterocycles. The van der Waals surface area contributed by atoms with Crippen LogP contribution in [0.5, 0.6) is 5.75 Å². The van der Waals surface area contributed by atoms with Crippen molar-refractivity contribution in [2.45, 2.75) is 13.8 Å². The van der Waals surface area contributed by atoms with Gasteiger partial charge < -0.3 is 15.4 Å². The van der Waals surface area contributed by atoms with E-state index in [4.69, 9.17) is 4.74 Å². The van der Waals surface area contributed by atoms with Crippen molar-refractivity contribution in [3.05, 3.63) is 95.1 Å². The number of ether oxygens (including phenoxy) is 1. The van der Waals surface area contributed by atoms with Crippen molar-refractivity contribution in [1.29, 1.82) is 5.26 Å². The van der Waals surface area contributed by atoms with E-state index in [0.717, 1.165) is 11.1 Å². The summed E-state index contributed by atoms with van der Waals surface area (Å²) in [5, 5.41) is 15.0. The van der Waals surface area contributed by atoms with Gasteiger partial charge in [-0.25, -0.2) is 0 Å². The molecule has 0 aliphatic heterocycles. The van der Waals surface area contributed by atoms with Gasteiger partial charge in [0, 0.05) is 16.9 Å². The normalized spacial score (nSPS) is 10.7. The smallest absolute Gasteiger partial charge is 0.266 e. The van der Waals surface area contributed by atoms with Gasteiger partial charge in [-0.05, 0) is 61.4 Å². The molecule has 0 spiro atoms. The monoisotopic (exact) mass is 425 g/mol. The van der Waals surface area contributed by atoms with E-state index in [-0.39, 0.29) is 18.1 Å². The number of para-hydroxylation sites is 2. The maximum absolute atomic E-state index is 12.5. The maximum Gasteiger partial charge on any atom is 0.266 e. The molecule has 6 nitrogen and oxygen atoms in total. The summed E-state index contributed by atoms with van der Waals surface area (Å²) in [6.45, 7) is 3.77. The van der Waals surface area contributed by atoms with E-state index >= 15 is 0 Å². The number of nitriles is 1. The van der Waals surface area contributed by atoms with E-state index in [9.17, 15) is 14.9 Å². The van der Waals surface area contributed by atoms with Crippen LogP contribution in [-0.4, -0.2) is 18.4 Å². The first-order chi connectivity index (χ1) is 15.5. The topological polar surface area (TPSA) is 91.2 Å². The highest BCUT2D eigenvalue weighted by Crippen LogP contribution is 2.22. The molecule has 0 radical (unpaired) electrons. The van der Waals surface area contributed by atoms with Gasteiger partial charge in [-0.15, -0.1) is 0 Å². The van der Waals surface area contributed by atoms with Crippen LogP contribution in [-0.2, 0) is 9.59 Å². The highest BCUT2D eigenvalue weighted by atomic mass is 16.5. The first-order valence-electron chi connectivity index (χ1n) is 10.0. The third-order valence-electron chi connectivity index (χ3n) is 4.77. The fourth-order valence-electron chi connectivity index (χ4n) is 2.91. The highest BCUT2D eigenvalue weighted by Gasteiger charge is 2.12. The van der Waals surface area contributed by atoms with E-state index in [1.807, 2.05) is 44.2 Å². The minimum atomic E-state index is -0.527. The molecule has 3 aromatic rings. The van der Waals surface area contributed by atoms with Gasteiger partial charge in [0.15, 0.2) is 6.61 Å². The van der Waals surface area contributed by atoms with Gasteiger partial charge in [0.1, 0.15) is 17.4 Å². The zero-order valence-electron chi connectivity index (χ0n) is 17.9. The molecule has 2 amide bonds. The molecule has 6 heteroatoms. The van der Waals surface area contributed by atoms with Crippen LogP contribution in [0.4, 0.5) is 11.4 Å². The SMILES string of the molecule is Cc1ccc(NC(=O)COc2ccccc2/C=C(\C#N)C(=O)Nc2ccccc2)cc1C. The lowest BCUT2D eigenvalue weighted by Gasteiger charge is -2.11. The Labute approximate surface area is 187 Å². The summed E-state index contributed by atoms with van der Waals surface area (Å²) < 4.78 is 5.67. The molecule has 3 rings (SSSR count). The largest absolute Gasteiger partial charge is 0.483 e. The van der Waals surface area contributed by atoms with Crippen molar-refractivity contribution in [1.82, 2.24) is 0 Å². The van der Waals surface area contributed by atoms with Crippen LogP contribution in [0.3, 0.4) is 0 Å². The minimum absolute atomic E-state index is 0.0792. The van der Waals surface area contributed by atoms with Crippen LogP contribution in [0.25, 0.3) is 6.08 Å². The number of hydrogen-bond acceptors (Lipinski definition) is 4. The lowest BCUT2D eigenvalue weighted by molar-refractivity contribution is -0.118. The van der Waals surface area contributed by atoms with Crippen LogP contribution in [0, 0.1) is 25.2 Å². The quantitative estimate of drug-likeness (QED) is 0.417. The molecule has 0 aromatic heterocycles. The number of nitrogens with zero attached hydrogens (tertiary/aromatic N) is 1. The standard InChI is InChI=1S/C26H23N3O3/c1-18-12-13-23(14-19(18)2)28-25(30)17-32-24-11-7-6-8-20(24)15-21(16-27)26(31)29-22-9-4-3-5-10-22/h3-15H,17H2,1-2H3,(H,28,30)(H,29,31)/b21-15+. The average Bonchev–Trinajstić information content (AvgIpc) is 2.79. The Bertz CT molecular complexity index is 1190. The van der Waals surface area contributed by atoms with Crippen LogP contribution in [0.2, 0.25) is 0 Å². The Hall–Kier alpha value is -4.37. The van der Waals surface area contributed by atoms with Crippen LogP contribution in [0.15, 0.2) is 78.4 Å². The van der Waals surface area contributed by atoms with Crippen LogP contribution in [0.1, 0.15) is 16.7 Å². The minimum Gasteiger partial charge on any atom is -0.483 e. The fraction of sp³-hybridized carbons (Fsp3) is 0.115. The molecule has 160 valence electrons. The third kappa shape index (κ3) is 6.07. The maximum atomic E-state index is 12.5. The summed E-state index contributed by atoms with van der Waals surface area (Å²) >= 11 is 0. The molecule has 0 aliphatic rings. The van der Waals surface area contributed by atoms with Gasteiger partial charge in [0.05, 0.1) is 0 Å². The van der Waals surface area contributed by atoms with Gasteiger partial charge in [-0.3, -0.25) is 9.59 Å². The van der Waals surface area contributed by atoms with E-state index in [0.29, 0.717) is 22.7 Å². The first-order valence-corrected chi connectivity index (χ1v) is 10.0. The van der Waals surface area contributed by atoms with E-state index in [1.54, 1.807) is 48.5 Å². The zero-order chi connectivity index (χ0) is 22.9. The second-order valence-electron chi connectivity index (χ2n) is 7.16. The molecular weight excluding hydrogens is 402 g/mol. The molecule has 0 heterocycles. The number of amides is 2. The van der Waals surface area contributed by atoms with Crippen molar-refractivity contribution in [3.8, 4) is 11.8 Å². The molecule has 2 N–H and O–H groups in total. The van der Waals surface area contributed by atoms with Crippen molar-refractivity contribution in [2.75, 3.05) is 17.2 Å². The number of carbonyl (C=O) groups excluding carboxylic acids is 2. The molecule has 0 bridgehead atoms. The predicted octanol–water partition coefficient (Wildman–Crippen LogP) is 4.87. The molecule has 32 heavy (non-hydrogen) atoms. The van der Waals surface area contributed by atoms with E-state index in [1.165, 1.54) is 6.08 Å². The van der Waals surface area contributed by atoms with Crippen molar-refractivity contribution < 1.29 is 14.3 Å². The highest BCUT2D eigenvalue weighted by molar-refractivity contribution is 6.09. The van der Waals surface area contributed by atoms with Crippen molar-refractivity contribution >= 4 is 29.3 Å². The third-order valence-corrected chi connectivity index (χ3v) is 4.77. The lowest BCUT2D eigenvalue weighted by Crippen LogP contribution is -2.20. The van der Waals surface area contributed by atoms with Gasteiger partial charge in [0.2, 0.25) is 0 Å². The molecule has 0 saturated carbocycles. The van der Waals surface area contributed by atoms with Crippen LogP contribution >= 0.6 is 0 Å². The Kier molecular flexibility index (Phi) is 7.39. The Morgan fingerprint density at radius 1 is 0.906 bits per heavy atom. The number of nitrogens with one attached hydrogen (secondary N) is 2. The summed E-state index contributed by atoms with van der Waals surface area (Å²) in [7, 11) is 0. The number of aryl methyl sites for hydroxylation is 2. The van der Waals surface area contributed by atoms with Gasteiger partial charge in [0.25, 0.3) is 11.8 Å². The number of anilines is 2. The molecule has 0 atom stereocenters.